The molecule has 0 aliphatic carbocycles. The molecule has 2 nitrogen and oxygen atoms in total. The summed E-state index contributed by atoms with van der Waals surface area (Å²) in [5.74, 6) is 0.753. The molecule has 19 heavy (non-hydrogen) atoms. The average Bonchev–Trinajstić information content (AvgIpc) is 2.38. The second kappa shape index (κ2) is 6.74. The number of nitrogens with one attached hydrogen (secondary N) is 1. The van der Waals surface area contributed by atoms with Crippen LogP contribution in [-0.2, 0) is 0 Å². The Hall–Kier alpha value is -0.570. The molecule has 1 aliphatic heterocycles. The molecule has 0 bridgehead atoms. The highest BCUT2D eigenvalue weighted by Crippen LogP contribution is 2.23. The SMILES string of the molecule is CC(C)CC1CN(C(C)c2ccc(Cl)cc2)CCN1. The van der Waals surface area contributed by atoms with Gasteiger partial charge in [0.15, 0.2) is 0 Å². The first-order valence-corrected chi connectivity index (χ1v) is 7.67. The van der Waals surface area contributed by atoms with Crippen molar-refractivity contribution < 1.29 is 0 Å². The van der Waals surface area contributed by atoms with Crippen LogP contribution in [-0.4, -0.2) is 30.6 Å². The van der Waals surface area contributed by atoms with Crippen LogP contribution in [0.4, 0.5) is 0 Å². The zero-order valence-electron chi connectivity index (χ0n) is 12.2. The Morgan fingerprint density at radius 1 is 1.26 bits per heavy atom. The number of piperazine rings is 1. The Balaban J connectivity index is 1.98. The van der Waals surface area contributed by atoms with E-state index in [-0.39, 0.29) is 0 Å². The summed E-state index contributed by atoms with van der Waals surface area (Å²) < 4.78 is 0. The van der Waals surface area contributed by atoms with Crippen LogP contribution in [0.2, 0.25) is 5.02 Å². The highest BCUT2D eigenvalue weighted by atomic mass is 35.5. The van der Waals surface area contributed by atoms with Crippen molar-refractivity contribution in [2.45, 2.75) is 39.3 Å². The third-order valence-electron chi connectivity index (χ3n) is 3.94. The first kappa shape index (κ1) is 14.8. The van der Waals surface area contributed by atoms with Gasteiger partial charge in [0.1, 0.15) is 0 Å². The number of benzene rings is 1. The highest BCUT2D eigenvalue weighted by molar-refractivity contribution is 6.30. The van der Waals surface area contributed by atoms with Gasteiger partial charge in [0.05, 0.1) is 0 Å². The van der Waals surface area contributed by atoms with Crippen molar-refractivity contribution >= 4 is 11.6 Å². The van der Waals surface area contributed by atoms with Crippen LogP contribution in [0.3, 0.4) is 0 Å². The van der Waals surface area contributed by atoms with Crippen molar-refractivity contribution in [3.63, 3.8) is 0 Å². The molecule has 0 spiro atoms. The van der Waals surface area contributed by atoms with Crippen LogP contribution in [0.5, 0.6) is 0 Å². The standard InChI is InChI=1S/C16H25ClN2/c1-12(2)10-16-11-19(9-8-18-16)13(3)14-4-6-15(17)7-5-14/h4-7,12-13,16,18H,8-11H2,1-3H3. The summed E-state index contributed by atoms with van der Waals surface area (Å²) in [6, 6.07) is 9.36. The Kier molecular flexibility index (Phi) is 5.26. The molecule has 2 rings (SSSR count). The largest absolute Gasteiger partial charge is 0.311 e. The number of halogens is 1. The Morgan fingerprint density at radius 2 is 1.95 bits per heavy atom. The van der Waals surface area contributed by atoms with Gasteiger partial charge in [-0.2, -0.15) is 0 Å². The normalized spacial score (nSPS) is 22.7. The van der Waals surface area contributed by atoms with Crippen LogP contribution in [0, 0.1) is 5.92 Å². The van der Waals surface area contributed by atoms with Crippen molar-refractivity contribution in [2.24, 2.45) is 5.92 Å². The molecule has 0 amide bonds. The van der Waals surface area contributed by atoms with Gasteiger partial charge in [-0.05, 0) is 37.0 Å². The minimum absolute atomic E-state index is 0.467. The van der Waals surface area contributed by atoms with Crippen molar-refractivity contribution in [1.29, 1.82) is 0 Å². The number of rotatable bonds is 4. The first-order chi connectivity index (χ1) is 9.06. The van der Waals surface area contributed by atoms with E-state index in [0.29, 0.717) is 12.1 Å². The van der Waals surface area contributed by atoms with Crippen LogP contribution in [0.15, 0.2) is 24.3 Å². The molecule has 0 saturated carbocycles. The van der Waals surface area contributed by atoms with Gasteiger partial charge in [0.2, 0.25) is 0 Å². The Morgan fingerprint density at radius 3 is 2.58 bits per heavy atom. The fourth-order valence-electron chi connectivity index (χ4n) is 2.88. The van der Waals surface area contributed by atoms with E-state index < -0.39 is 0 Å². The summed E-state index contributed by atoms with van der Waals surface area (Å²) in [5, 5.41) is 4.45. The van der Waals surface area contributed by atoms with Crippen LogP contribution in [0.25, 0.3) is 0 Å². The van der Waals surface area contributed by atoms with Crippen molar-refractivity contribution in [3.05, 3.63) is 34.9 Å². The molecule has 1 aliphatic rings. The fraction of sp³-hybridized carbons (Fsp3) is 0.625. The first-order valence-electron chi connectivity index (χ1n) is 7.29. The minimum Gasteiger partial charge on any atom is -0.311 e. The summed E-state index contributed by atoms with van der Waals surface area (Å²) in [6.07, 6.45) is 1.25. The molecule has 1 heterocycles. The molecule has 0 radical (unpaired) electrons. The Bertz CT molecular complexity index is 388. The maximum Gasteiger partial charge on any atom is 0.0406 e. The van der Waals surface area contributed by atoms with Gasteiger partial charge in [-0.3, -0.25) is 4.90 Å². The third kappa shape index (κ3) is 4.20. The van der Waals surface area contributed by atoms with E-state index in [9.17, 15) is 0 Å². The quantitative estimate of drug-likeness (QED) is 0.904. The lowest BCUT2D eigenvalue weighted by atomic mass is 9.99. The minimum atomic E-state index is 0.467. The van der Waals surface area contributed by atoms with E-state index in [2.05, 4.69) is 43.1 Å². The van der Waals surface area contributed by atoms with Gasteiger partial charge < -0.3 is 5.32 Å². The van der Waals surface area contributed by atoms with E-state index in [4.69, 9.17) is 11.6 Å². The highest BCUT2D eigenvalue weighted by Gasteiger charge is 2.24. The molecule has 1 aromatic carbocycles. The summed E-state index contributed by atoms with van der Waals surface area (Å²) in [5.41, 5.74) is 1.36. The summed E-state index contributed by atoms with van der Waals surface area (Å²) in [6.45, 7) is 10.2. The van der Waals surface area contributed by atoms with Gasteiger partial charge in [-0.15, -0.1) is 0 Å². The average molecular weight is 281 g/mol. The number of nitrogens with zero attached hydrogens (tertiary/aromatic N) is 1. The lowest BCUT2D eigenvalue weighted by Gasteiger charge is -2.38. The van der Waals surface area contributed by atoms with Gasteiger partial charge >= 0.3 is 0 Å². The second-order valence-corrected chi connectivity index (χ2v) is 6.44. The maximum atomic E-state index is 5.96. The summed E-state index contributed by atoms with van der Waals surface area (Å²) >= 11 is 5.96. The van der Waals surface area contributed by atoms with E-state index >= 15 is 0 Å². The molecule has 2 atom stereocenters. The van der Waals surface area contributed by atoms with E-state index in [0.717, 1.165) is 30.6 Å². The van der Waals surface area contributed by atoms with Crippen LogP contribution in [0.1, 0.15) is 38.8 Å². The van der Waals surface area contributed by atoms with Gasteiger partial charge in [0.25, 0.3) is 0 Å². The number of hydrogen-bond acceptors (Lipinski definition) is 2. The number of hydrogen-bond donors (Lipinski definition) is 1. The molecule has 0 aromatic heterocycles. The second-order valence-electron chi connectivity index (χ2n) is 6.00. The van der Waals surface area contributed by atoms with Crippen molar-refractivity contribution in [2.75, 3.05) is 19.6 Å². The Labute approximate surface area is 122 Å². The van der Waals surface area contributed by atoms with Gasteiger partial charge in [0, 0.05) is 36.7 Å². The van der Waals surface area contributed by atoms with Crippen LogP contribution < -0.4 is 5.32 Å². The third-order valence-corrected chi connectivity index (χ3v) is 4.19. The lowest BCUT2D eigenvalue weighted by molar-refractivity contribution is 0.144. The van der Waals surface area contributed by atoms with Crippen molar-refractivity contribution in [3.8, 4) is 0 Å². The molecule has 2 unspecified atom stereocenters. The van der Waals surface area contributed by atoms with E-state index in [1.165, 1.54) is 12.0 Å². The van der Waals surface area contributed by atoms with Crippen LogP contribution >= 0.6 is 11.6 Å². The fourth-order valence-corrected chi connectivity index (χ4v) is 3.01. The zero-order valence-corrected chi connectivity index (χ0v) is 13.0. The molecule has 3 heteroatoms. The predicted molar refractivity (Wildman–Crippen MR) is 82.7 cm³/mol. The molecule has 1 fully saturated rings. The van der Waals surface area contributed by atoms with Gasteiger partial charge in [-0.1, -0.05) is 37.6 Å². The monoisotopic (exact) mass is 280 g/mol. The summed E-state index contributed by atoms with van der Waals surface area (Å²) in [7, 11) is 0. The maximum absolute atomic E-state index is 5.96. The van der Waals surface area contributed by atoms with E-state index in [1.807, 2.05) is 12.1 Å². The van der Waals surface area contributed by atoms with E-state index in [1.54, 1.807) is 0 Å². The molecule has 1 saturated heterocycles. The molecular formula is C16H25ClN2. The summed E-state index contributed by atoms with van der Waals surface area (Å²) in [4.78, 5) is 2.58. The topological polar surface area (TPSA) is 15.3 Å². The molecule has 1 aromatic rings. The molecule has 1 N–H and O–H groups in total. The van der Waals surface area contributed by atoms with Crippen molar-refractivity contribution in [1.82, 2.24) is 10.2 Å². The molecular weight excluding hydrogens is 256 g/mol. The lowest BCUT2D eigenvalue weighted by Crippen LogP contribution is -2.51. The van der Waals surface area contributed by atoms with Gasteiger partial charge in [-0.25, -0.2) is 0 Å². The predicted octanol–water partition coefficient (Wildman–Crippen LogP) is 3.72. The zero-order chi connectivity index (χ0) is 13.8. The smallest absolute Gasteiger partial charge is 0.0406 e. The molecule has 106 valence electrons.